The molecule has 0 unspecified atom stereocenters. The zero-order valence-electron chi connectivity index (χ0n) is 5.55. The van der Waals surface area contributed by atoms with Crippen LogP contribution in [0.3, 0.4) is 0 Å². The van der Waals surface area contributed by atoms with Crippen LogP contribution >= 0.6 is 0 Å². The van der Waals surface area contributed by atoms with Crippen molar-refractivity contribution < 1.29 is 9.84 Å². The van der Waals surface area contributed by atoms with Gasteiger partial charge in [-0.3, -0.25) is 0 Å². The molecule has 0 saturated carbocycles. The second kappa shape index (κ2) is 5.06. The molecule has 1 aliphatic heterocycles. The van der Waals surface area contributed by atoms with Gasteiger partial charge in [-0.15, -0.1) is 0 Å². The largest absolute Gasteiger partial charge is 0.391 e. The highest BCUT2D eigenvalue weighted by atomic mass is 16.5. The minimum atomic E-state index is -0.176. The third-order valence-corrected chi connectivity index (χ3v) is 0.906. The van der Waals surface area contributed by atoms with Gasteiger partial charge < -0.3 is 9.84 Å². The summed E-state index contributed by atoms with van der Waals surface area (Å²) in [4.78, 5) is 0. The fourth-order valence-corrected chi connectivity index (χ4v) is 0.522. The first kappa shape index (κ1) is 7.92. The van der Waals surface area contributed by atoms with Crippen molar-refractivity contribution in [2.24, 2.45) is 0 Å². The first-order chi connectivity index (χ1) is 3.89. The molecule has 1 N–H and O–H groups in total. The van der Waals surface area contributed by atoms with Crippen LogP contribution in [0.2, 0.25) is 0 Å². The molecule has 0 aromatic carbocycles. The molecule has 0 amide bonds. The highest BCUT2D eigenvalue weighted by molar-refractivity contribution is 4.58. The van der Waals surface area contributed by atoms with Crippen molar-refractivity contribution >= 4 is 0 Å². The van der Waals surface area contributed by atoms with Gasteiger partial charge in [0.05, 0.1) is 12.7 Å². The van der Waals surface area contributed by atoms with Gasteiger partial charge >= 0.3 is 0 Å². The molecular formula is C6H14O2. The maximum atomic E-state index is 8.60. The number of aliphatic hydroxyl groups excluding tert-OH is 1. The normalized spacial score (nSPS) is 26.6. The number of hydrogen-bond donors (Lipinski definition) is 1. The Bertz CT molecular complexity index is 39.8. The summed E-state index contributed by atoms with van der Waals surface area (Å²) in [7, 11) is 0. The molecule has 0 aromatic rings. The smallest absolute Gasteiger partial charge is 0.0795 e. The Hall–Kier alpha value is -0.0800. The molecule has 1 atom stereocenters. The van der Waals surface area contributed by atoms with E-state index in [1.807, 2.05) is 13.8 Å². The number of ether oxygens (including phenoxy) is 1. The van der Waals surface area contributed by atoms with E-state index in [-0.39, 0.29) is 6.10 Å². The van der Waals surface area contributed by atoms with E-state index >= 15 is 0 Å². The van der Waals surface area contributed by atoms with Gasteiger partial charge in [0.25, 0.3) is 0 Å². The summed E-state index contributed by atoms with van der Waals surface area (Å²) in [5, 5.41) is 8.60. The van der Waals surface area contributed by atoms with E-state index in [0.29, 0.717) is 6.61 Å². The summed E-state index contributed by atoms with van der Waals surface area (Å²) in [6.45, 7) is 5.28. The maximum Gasteiger partial charge on any atom is 0.0795 e. The second-order valence-electron chi connectivity index (χ2n) is 1.52. The molecule has 1 saturated heterocycles. The quantitative estimate of drug-likeness (QED) is 0.509. The van der Waals surface area contributed by atoms with Crippen LogP contribution in [0.15, 0.2) is 0 Å². The molecule has 1 rings (SSSR count). The Balaban J connectivity index is 0.000000222. The zero-order chi connectivity index (χ0) is 6.41. The minimum Gasteiger partial charge on any atom is -0.391 e. The van der Waals surface area contributed by atoms with Crippen molar-refractivity contribution in [3.05, 3.63) is 0 Å². The van der Waals surface area contributed by atoms with Crippen molar-refractivity contribution in [3.63, 3.8) is 0 Å². The maximum absolute atomic E-state index is 8.60. The van der Waals surface area contributed by atoms with E-state index in [9.17, 15) is 0 Å². The lowest BCUT2D eigenvalue weighted by Crippen LogP contribution is -2.02. The van der Waals surface area contributed by atoms with Gasteiger partial charge in [0.2, 0.25) is 0 Å². The summed E-state index contributed by atoms with van der Waals surface area (Å²) < 4.78 is 4.81. The predicted molar refractivity (Wildman–Crippen MR) is 32.8 cm³/mol. The highest BCUT2D eigenvalue weighted by Gasteiger charge is 2.09. The topological polar surface area (TPSA) is 29.5 Å². The SMILES string of the molecule is CC.O[C@@H]1CCOC1. The molecule has 0 bridgehead atoms. The van der Waals surface area contributed by atoms with Crippen molar-refractivity contribution in [2.45, 2.75) is 26.4 Å². The molecular weight excluding hydrogens is 104 g/mol. The Kier molecular flexibility index (Phi) is 5.01. The molecule has 1 heterocycles. The molecule has 2 heteroatoms. The Morgan fingerprint density at radius 2 is 2.12 bits per heavy atom. The molecule has 0 aliphatic carbocycles. The average Bonchev–Trinajstić information content (AvgIpc) is 2.24. The van der Waals surface area contributed by atoms with E-state index in [0.717, 1.165) is 13.0 Å². The van der Waals surface area contributed by atoms with Gasteiger partial charge in [0, 0.05) is 6.61 Å². The summed E-state index contributed by atoms with van der Waals surface area (Å²) in [5.74, 6) is 0. The zero-order valence-corrected chi connectivity index (χ0v) is 5.55. The molecule has 50 valence electrons. The highest BCUT2D eigenvalue weighted by Crippen LogP contribution is 2.00. The third-order valence-electron chi connectivity index (χ3n) is 0.906. The van der Waals surface area contributed by atoms with Gasteiger partial charge in [0.15, 0.2) is 0 Å². The van der Waals surface area contributed by atoms with Gasteiger partial charge in [-0.1, -0.05) is 13.8 Å². The summed E-state index contributed by atoms with van der Waals surface area (Å²) in [6, 6.07) is 0. The van der Waals surface area contributed by atoms with Crippen molar-refractivity contribution in [1.29, 1.82) is 0 Å². The van der Waals surface area contributed by atoms with Gasteiger partial charge in [-0.05, 0) is 6.42 Å². The monoisotopic (exact) mass is 118 g/mol. The van der Waals surface area contributed by atoms with Crippen LogP contribution in [0, 0.1) is 0 Å². The van der Waals surface area contributed by atoms with Crippen LogP contribution < -0.4 is 0 Å². The van der Waals surface area contributed by atoms with Crippen LogP contribution in [-0.2, 0) is 4.74 Å². The van der Waals surface area contributed by atoms with E-state index in [1.54, 1.807) is 0 Å². The summed E-state index contributed by atoms with van der Waals surface area (Å²) in [6.07, 6.45) is 0.644. The van der Waals surface area contributed by atoms with Gasteiger partial charge in [-0.2, -0.15) is 0 Å². The summed E-state index contributed by atoms with van der Waals surface area (Å²) in [5.41, 5.74) is 0. The average molecular weight is 118 g/mol. The molecule has 2 nitrogen and oxygen atoms in total. The number of rotatable bonds is 0. The van der Waals surface area contributed by atoms with Crippen LogP contribution in [0.25, 0.3) is 0 Å². The Morgan fingerprint density at radius 1 is 1.50 bits per heavy atom. The van der Waals surface area contributed by atoms with E-state index in [2.05, 4.69) is 0 Å². The van der Waals surface area contributed by atoms with E-state index < -0.39 is 0 Å². The molecule has 0 aromatic heterocycles. The van der Waals surface area contributed by atoms with Crippen molar-refractivity contribution in [3.8, 4) is 0 Å². The molecule has 8 heavy (non-hydrogen) atoms. The van der Waals surface area contributed by atoms with E-state index in [4.69, 9.17) is 9.84 Å². The number of aliphatic hydroxyl groups is 1. The second-order valence-corrected chi connectivity index (χ2v) is 1.52. The van der Waals surface area contributed by atoms with Gasteiger partial charge in [0.1, 0.15) is 0 Å². The molecule has 0 spiro atoms. The standard InChI is InChI=1S/C4H8O2.C2H6/c5-4-1-2-6-3-4;1-2/h4-5H,1-3H2;1-2H3/t4-;/m1./s1. The lowest BCUT2D eigenvalue weighted by molar-refractivity contribution is 0.127. The first-order valence-corrected chi connectivity index (χ1v) is 3.15. The molecule has 1 fully saturated rings. The fourth-order valence-electron chi connectivity index (χ4n) is 0.522. The Labute approximate surface area is 50.5 Å². The molecule has 1 aliphatic rings. The lowest BCUT2D eigenvalue weighted by Gasteiger charge is -1.89. The molecule has 0 radical (unpaired) electrons. The van der Waals surface area contributed by atoms with Crippen molar-refractivity contribution in [2.75, 3.05) is 13.2 Å². The first-order valence-electron chi connectivity index (χ1n) is 3.15. The third kappa shape index (κ3) is 2.99. The van der Waals surface area contributed by atoms with Crippen LogP contribution in [0.4, 0.5) is 0 Å². The van der Waals surface area contributed by atoms with Crippen LogP contribution in [0.1, 0.15) is 20.3 Å². The fraction of sp³-hybridized carbons (Fsp3) is 1.00. The summed E-state index contributed by atoms with van der Waals surface area (Å²) >= 11 is 0. The van der Waals surface area contributed by atoms with Crippen LogP contribution in [-0.4, -0.2) is 24.4 Å². The lowest BCUT2D eigenvalue weighted by atomic mass is 10.3. The van der Waals surface area contributed by atoms with E-state index in [1.165, 1.54) is 0 Å². The minimum absolute atomic E-state index is 0.176. The van der Waals surface area contributed by atoms with Gasteiger partial charge in [-0.25, -0.2) is 0 Å². The Morgan fingerprint density at radius 3 is 2.25 bits per heavy atom. The van der Waals surface area contributed by atoms with Crippen molar-refractivity contribution in [1.82, 2.24) is 0 Å². The predicted octanol–water partition coefficient (Wildman–Crippen LogP) is 0.794. The number of hydrogen-bond acceptors (Lipinski definition) is 2. The van der Waals surface area contributed by atoms with Crippen LogP contribution in [0.5, 0.6) is 0 Å².